The first-order valence-electron chi connectivity index (χ1n) is 5.54. The molecular weight excluding hydrogens is 314 g/mol. The van der Waals surface area contributed by atoms with Gasteiger partial charge in [0, 0.05) is 28.1 Å². The minimum Gasteiger partial charge on any atom is -0.295 e. The molecule has 0 aliphatic carbocycles. The van der Waals surface area contributed by atoms with E-state index in [1.165, 1.54) is 6.33 Å². The van der Waals surface area contributed by atoms with Crippen molar-refractivity contribution < 1.29 is 4.79 Å². The fourth-order valence-corrected chi connectivity index (χ4v) is 2.80. The lowest BCUT2D eigenvalue weighted by Gasteiger charge is -2.16. The largest absolute Gasteiger partial charge is 0.295 e. The van der Waals surface area contributed by atoms with E-state index in [4.69, 9.17) is 0 Å². The highest BCUT2D eigenvalue weighted by molar-refractivity contribution is 9.10. The summed E-state index contributed by atoms with van der Waals surface area (Å²) in [7, 11) is 0. The molecule has 1 fully saturated rings. The summed E-state index contributed by atoms with van der Waals surface area (Å²) in [5, 5.41) is 0.956. The second-order valence-corrected chi connectivity index (χ2v) is 5.87. The molecule has 1 unspecified atom stereocenters. The molecule has 6 heteroatoms. The number of hydrogen-bond donors (Lipinski definition) is 1. The van der Waals surface area contributed by atoms with Gasteiger partial charge < -0.3 is 0 Å². The Morgan fingerprint density at radius 1 is 1.39 bits per heavy atom. The average molecular weight is 324 g/mol. The number of nitrogens with zero attached hydrogens (tertiary/aromatic N) is 3. The van der Waals surface area contributed by atoms with Crippen LogP contribution < -0.4 is 4.90 Å². The Morgan fingerprint density at radius 3 is 2.94 bits per heavy atom. The molecule has 3 rings (SSSR count). The maximum Gasteiger partial charge on any atom is 0.229 e. The molecular formula is C12H10BrN3OS. The highest BCUT2D eigenvalue weighted by Crippen LogP contribution is 2.29. The van der Waals surface area contributed by atoms with E-state index >= 15 is 0 Å². The van der Waals surface area contributed by atoms with E-state index in [1.807, 2.05) is 18.2 Å². The van der Waals surface area contributed by atoms with Crippen molar-refractivity contribution in [3.63, 3.8) is 0 Å². The Morgan fingerprint density at radius 2 is 2.22 bits per heavy atom. The predicted molar refractivity (Wildman–Crippen MR) is 77.0 cm³/mol. The number of rotatable bonds is 1. The molecule has 0 spiro atoms. The summed E-state index contributed by atoms with van der Waals surface area (Å²) in [4.78, 5) is 22.1. The maximum atomic E-state index is 11.9. The quantitative estimate of drug-likeness (QED) is 0.820. The molecule has 2 aromatic rings. The standard InChI is InChI=1S/C12H10BrN3OS/c13-7-1-2-10-9(3-7)12(15-6-14-10)16-5-8(18)4-11(16)17/h1-3,6,8,18H,4-5H2. The monoisotopic (exact) mass is 323 g/mol. The first-order valence-corrected chi connectivity index (χ1v) is 6.85. The van der Waals surface area contributed by atoms with Crippen LogP contribution in [-0.4, -0.2) is 27.7 Å². The van der Waals surface area contributed by atoms with Gasteiger partial charge in [-0.05, 0) is 18.2 Å². The first kappa shape index (κ1) is 11.9. The molecule has 0 bridgehead atoms. The van der Waals surface area contributed by atoms with Gasteiger partial charge in [-0.3, -0.25) is 9.69 Å². The number of anilines is 1. The van der Waals surface area contributed by atoms with E-state index in [0.29, 0.717) is 18.8 Å². The fourth-order valence-electron chi connectivity index (χ4n) is 2.12. The van der Waals surface area contributed by atoms with Crippen molar-refractivity contribution in [2.75, 3.05) is 11.4 Å². The van der Waals surface area contributed by atoms with E-state index < -0.39 is 0 Å². The number of halogens is 1. The molecule has 2 heterocycles. The van der Waals surface area contributed by atoms with Crippen LogP contribution in [0.1, 0.15) is 6.42 Å². The number of amides is 1. The van der Waals surface area contributed by atoms with Crippen LogP contribution in [-0.2, 0) is 4.79 Å². The Balaban J connectivity index is 2.17. The molecule has 1 aliphatic rings. The zero-order chi connectivity index (χ0) is 12.7. The maximum absolute atomic E-state index is 11.9. The lowest BCUT2D eigenvalue weighted by Crippen LogP contribution is -2.25. The lowest BCUT2D eigenvalue weighted by atomic mass is 10.2. The first-order chi connectivity index (χ1) is 8.65. The second kappa shape index (κ2) is 4.51. The molecule has 0 N–H and O–H groups in total. The molecule has 1 saturated heterocycles. The zero-order valence-corrected chi connectivity index (χ0v) is 11.9. The van der Waals surface area contributed by atoms with E-state index in [-0.39, 0.29) is 11.2 Å². The van der Waals surface area contributed by atoms with Gasteiger partial charge in [0.2, 0.25) is 5.91 Å². The highest BCUT2D eigenvalue weighted by atomic mass is 79.9. The van der Waals surface area contributed by atoms with Crippen LogP contribution in [0.4, 0.5) is 5.82 Å². The number of aromatic nitrogens is 2. The third kappa shape index (κ3) is 1.99. The van der Waals surface area contributed by atoms with Crippen molar-refractivity contribution in [1.29, 1.82) is 0 Å². The van der Waals surface area contributed by atoms with Crippen molar-refractivity contribution in [3.8, 4) is 0 Å². The summed E-state index contributed by atoms with van der Waals surface area (Å²) >= 11 is 7.79. The molecule has 1 amide bonds. The van der Waals surface area contributed by atoms with E-state index in [1.54, 1.807) is 4.90 Å². The Bertz CT molecular complexity index is 634. The van der Waals surface area contributed by atoms with E-state index in [2.05, 4.69) is 38.5 Å². The van der Waals surface area contributed by atoms with E-state index in [0.717, 1.165) is 15.4 Å². The number of benzene rings is 1. The normalized spacial score (nSPS) is 19.8. The molecule has 92 valence electrons. The third-order valence-corrected chi connectivity index (χ3v) is 3.78. The molecule has 1 aromatic heterocycles. The molecule has 18 heavy (non-hydrogen) atoms. The summed E-state index contributed by atoms with van der Waals surface area (Å²) in [5.74, 6) is 0.734. The van der Waals surface area contributed by atoms with Gasteiger partial charge in [-0.2, -0.15) is 12.6 Å². The van der Waals surface area contributed by atoms with Gasteiger partial charge >= 0.3 is 0 Å². The molecule has 0 radical (unpaired) electrons. The van der Waals surface area contributed by atoms with Crippen LogP contribution in [0, 0.1) is 0 Å². The average Bonchev–Trinajstić information content (AvgIpc) is 2.67. The van der Waals surface area contributed by atoms with Gasteiger partial charge in [0.25, 0.3) is 0 Å². The van der Waals surface area contributed by atoms with Crippen LogP contribution >= 0.6 is 28.6 Å². The fraction of sp³-hybridized carbons (Fsp3) is 0.250. The lowest BCUT2D eigenvalue weighted by molar-refractivity contribution is -0.117. The van der Waals surface area contributed by atoms with Crippen molar-refractivity contribution in [2.45, 2.75) is 11.7 Å². The Kier molecular flexibility index (Phi) is 2.99. The Hall–Kier alpha value is -1.14. The topological polar surface area (TPSA) is 46.1 Å². The molecule has 1 aliphatic heterocycles. The van der Waals surface area contributed by atoms with Crippen molar-refractivity contribution in [2.24, 2.45) is 0 Å². The van der Waals surface area contributed by atoms with Crippen molar-refractivity contribution in [3.05, 3.63) is 29.0 Å². The summed E-state index contributed by atoms with van der Waals surface area (Å²) in [6, 6.07) is 5.76. The smallest absolute Gasteiger partial charge is 0.229 e. The third-order valence-electron chi connectivity index (χ3n) is 2.94. The summed E-state index contributed by atoms with van der Waals surface area (Å²) in [5.41, 5.74) is 0.832. The molecule has 4 nitrogen and oxygen atoms in total. The minimum absolute atomic E-state index is 0.0648. The zero-order valence-electron chi connectivity index (χ0n) is 9.38. The van der Waals surface area contributed by atoms with Crippen molar-refractivity contribution in [1.82, 2.24) is 9.97 Å². The number of carbonyl (C=O) groups is 1. The van der Waals surface area contributed by atoms with Gasteiger partial charge in [-0.25, -0.2) is 9.97 Å². The number of carbonyl (C=O) groups excluding carboxylic acids is 1. The van der Waals surface area contributed by atoms with Gasteiger partial charge in [-0.1, -0.05) is 15.9 Å². The van der Waals surface area contributed by atoms with Crippen molar-refractivity contribution >= 4 is 51.2 Å². The van der Waals surface area contributed by atoms with Crippen LogP contribution in [0.3, 0.4) is 0 Å². The van der Waals surface area contributed by atoms with Gasteiger partial charge in [0.1, 0.15) is 12.1 Å². The second-order valence-electron chi connectivity index (χ2n) is 4.22. The SMILES string of the molecule is O=C1CC(S)CN1c1ncnc2ccc(Br)cc12. The van der Waals surface area contributed by atoms with Crippen LogP contribution in [0.5, 0.6) is 0 Å². The van der Waals surface area contributed by atoms with Crippen LogP contribution in [0.25, 0.3) is 10.9 Å². The van der Waals surface area contributed by atoms with Gasteiger partial charge in [-0.15, -0.1) is 0 Å². The molecule has 1 atom stereocenters. The van der Waals surface area contributed by atoms with Crippen LogP contribution in [0.2, 0.25) is 0 Å². The molecule has 1 aromatic carbocycles. The van der Waals surface area contributed by atoms with Crippen LogP contribution in [0.15, 0.2) is 29.0 Å². The highest BCUT2D eigenvalue weighted by Gasteiger charge is 2.30. The summed E-state index contributed by atoms with van der Waals surface area (Å²) < 4.78 is 0.945. The van der Waals surface area contributed by atoms with E-state index in [9.17, 15) is 4.79 Å². The predicted octanol–water partition coefficient (Wildman–Crippen LogP) is 2.43. The van der Waals surface area contributed by atoms with Gasteiger partial charge in [0.05, 0.1) is 5.52 Å². The van der Waals surface area contributed by atoms with Gasteiger partial charge in [0.15, 0.2) is 0 Å². The minimum atomic E-state index is 0.0648. The Labute approximate surface area is 118 Å². The molecule has 0 saturated carbocycles. The summed E-state index contributed by atoms with van der Waals surface area (Å²) in [6.45, 7) is 0.598. The number of thiol groups is 1. The number of hydrogen-bond acceptors (Lipinski definition) is 4. The summed E-state index contributed by atoms with van der Waals surface area (Å²) in [6.07, 6.45) is 1.95. The number of fused-ring (bicyclic) bond motifs is 1.